The third-order valence-corrected chi connectivity index (χ3v) is 18.2. The van der Waals surface area contributed by atoms with Crippen molar-refractivity contribution in [2.45, 2.75) is 12.8 Å². The van der Waals surface area contributed by atoms with Gasteiger partial charge in [-0.1, -0.05) is 0 Å². The quantitative estimate of drug-likeness (QED) is 0.160. The second-order valence-corrected chi connectivity index (χ2v) is 20.7. The van der Waals surface area contributed by atoms with E-state index in [-0.39, 0.29) is 0 Å². The number of carbonyl (C=O) groups is 2. The Labute approximate surface area is 314 Å². The fourth-order valence-corrected chi connectivity index (χ4v) is 15.7. The van der Waals surface area contributed by atoms with Gasteiger partial charge < -0.3 is 0 Å². The van der Waals surface area contributed by atoms with Gasteiger partial charge in [0.15, 0.2) is 0 Å². The SMILES string of the molecule is [CH2]=[Ti]([O]C(=O)c1cccc2ccccc12)([O]C(=O)c1cccc2ccccc12)([c]1cccc2c1Cc1ccccc1-2)[c]1cccc2c1Cc1ccccc1-2. The average molecular weight is 735 g/mol. The summed E-state index contributed by atoms with van der Waals surface area (Å²) in [5.74, 6) is -1.16. The van der Waals surface area contributed by atoms with E-state index in [0.717, 1.165) is 66.1 Å². The molecule has 0 aliphatic heterocycles. The molecule has 8 aromatic rings. The molecule has 0 N–H and O–H groups in total. The van der Waals surface area contributed by atoms with Crippen LogP contribution in [0.4, 0.5) is 0 Å². The second-order valence-electron chi connectivity index (χ2n) is 14.4. The molecule has 0 radical (unpaired) electrons. The molecule has 10 rings (SSSR count). The van der Waals surface area contributed by atoms with Crippen molar-refractivity contribution in [3.05, 3.63) is 203 Å². The molecular weight excluding hydrogens is 700 g/mol. The summed E-state index contributed by atoms with van der Waals surface area (Å²) in [6, 6.07) is 55.6. The predicted molar refractivity (Wildman–Crippen MR) is 214 cm³/mol. The van der Waals surface area contributed by atoms with Gasteiger partial charge in [0.25, 0.3) is 0 Å². The summed E-state index contributed by atoms with van der Waals surface area (Å²) >= 11 is -6.19. The van der Waals surface area contributed by atoms with Crippen LogP contribution in [0.5, 0.6) is 0 Å². The van der Waals surface area contributed by atoms with Crippen LogP contribution in [0.25, 0.3) is 43.8 Å². The zero-order valence-corrected chi connectivity index (χ0v) is 31.0. The molecule has 0 atom stereocenters. The van der Waals surface area contributed by atoms with Crippen molar-refractivity contribution in [2.75, 3.05) is 0 Å². The summed E-state index contributed by atoms with van der Waals surface area (Å²) in [6.45, 7) is 0. The van der Waals surface area contributed by atoms with Gasteiger partial charge in [-0.3, -0.25) is 0 Å². The van der Waals surface area contributed by atoms with Gasteiger partial charge in [-0.2, -0.15) is 0 Å². The number of benzene rings is 8. The Hall–Kier alpha value is -6.20. The fraction of sp³-hybridized carbons (Fsp3) is 0.0408. The summed E-state index contributed by atoms with van der Waals surface area (Å²) in [5.41, 5.74) is 9.31. The van der Waals surface area contributed by atoms with Gasteiger partial charge in [-0.15, -0.1) is 0 Å². The molecule has 2 aliphatic rings. The van der Waals surface area contributed by atoms with Gasteiger partial charge in [0.2, 0.25) is 0 Å². The van der Waals surface area contributed by atoms with Crippen molar-refractivity contribution in [3.63, 3.8) is 0 Å². The van der Waals surface area contributed by atoms with Crippen molar-refractivity contribution < 1.29 is 31.8 Å². The molecule has 0 saturated carbocycles. The maximum atomic E-state index is 15.2. The molecule has 258 valence electrons. The van der Waals surface area contributed by atoms with Gasteiger partial charge >= 0.3 is 316 Å². The minimum absolute atomic E-state index is 0.389. The standard InChI is InChI=1S/2C13H9.2C11H8O2.CH2.Ti/c2*1-3-7-12-10(5-1)9-11-6-2-4-8-13(11)12;2*12-11(13)10-7-3-5-8-4-1-2-6-9(8)10;;/h2*1-5,7-8H,9H2;2*1-7H,(H,12,13);1H2;/q;;;;;+2/p-2. The van der Waals surface area contributed by atoms with E-state index in [1.54, 1.807) is 12.1 Å². The van der Waals surface area contributed by atoms with Gasteiger partial charge in [0.05, 0.1) is 0 Å². The third-order valence-electron chi connectivity index (χ3n) is 11.4. The fourth-order valence-electron chi connectivity index (χ4n) is 8.96. The van der Waals surface area contributed by atoms with Crippen molar-refractivity contribution in [1.82, 2.24) is 0 Å². The van der Waals surface area contributed by atoms with E-state index in [2.05, 4.69) is 36.4 Å². The predicted octanol–water partition coefficient (Wildman–Crippen LogP) is 9.75. The van der Waals surface area contributed by atoms with Gasteiger partial charge in [0, 0.05) is 0 Å². The van der Waals surface area contributed by atoms with Gasteiger partial charge in [0.1, 0.15) is 0 Å². The monoisotopic (exact) mass is 734 g/mol. The Morgan fingerprint density at radius 3 is 1.28 bits per heavy atom. The summed E-state index contributed by atoms with van der Waals surface area (Å²) in [7, 11) is 0. The van der Waals surface area contributed by atoms with Crippen molar-refractivity contribution in [1.29, 1.82) is 0 Å². The molecule has 0 unspecified atom stereocenters. The van der Waals surface area contributed by atoms with E-state index < -0.39 is 27.6 Å². The van der Waals surface area contributed by atoms with Crippen molar-refractivity contribution >= 4 is 46.0 Å². The van der Waals surface area contributed by atoms with Crippen molar-refractivity contribution in [2.24, 2.45) is 0 Å². The number of hydrogen-bond acceptors (Lipinski definition) is 4. The summed E-state index contributed by atoms with van der Waals surface area (Å²) in [6.07, 6.45) is 1.17. The van der Waals surface area contributed by atoms with Crippen LogP contribution in [-0.4, -0.2) is 16.8 Å². The first-order valence-electron chi connectivity index (χ1n) is 18.3. The Morgan fingerprint density at radius 2 is 0.796 bits per heavy atom. The second kappa shape index (κ2) is 12.2. The van der Waals surface area contributed by atoms with Crippen LogP contribution in [-0.2, 0) is 35.1 Å². The molecule has 0 aromatic heterocycles. The molecule has 0 amide bonds. The molecule has 2 aliphatic carbocycles. The molecule has 0 bridgehead atoms. The number of hydrogen-bond donors (Lipinski definition) is 0. The molecule has 0 fully saturated rings. The molecule has 5 heteroatoms. The first kappa shape index (κ1) is 32.5. The zero-order chi connectivity index (χ0) is 36.5. The van der Waals surface area contributed by atoms with E-state index in [4.69, 9.17) is 11.5 Å². The number of carbonyl (C=O) groups excluding carboxylic acids is 2. The van der Waals surface area contributed by atoms with E-state index in [1.807, 2.05) is 121 Å². The van der Waals surface area contributed by atoms with Crippen LogP contribution in [0.3, 0.4) is 0 Å². The Bertz CT molecular complexity index is 2750. The molecule has 0 heterocycles. The zero-order valence-electron chi connectivity index (χ0n) is 29.4. The third kappa shape index (κ3) is 4.84. The van der Waals surface area contributed by atoms with E-state index >= 15 is 9.59 Å². The normalized spacial score (nSPS) is 12.8. The van der Waals surface area contributed by atoms with Crippen LogP contribution in [0.15, 0.2) is 170 Å². The molecule has 0 spiro atoms. The number of fused-ring (bicyclic) bond motifs is 8. The summed E-state index contributed by atoms with van der Waals surface area (Å²) in [5, 5.41) is 3.32. The molecule has 54 heavy (non-hydrogen) atoms. The molecule has 0 saturated heterocycles. The van der Waals surface area contributed by atoms with Gasteiger partial charge in [-0.05, 0) is 0 Å². The Morgan fingerprint density at radius 1 is 0.426 bits per heavy atom. The Balaban J connectivity index is 1.29. The van der Waals surface area contributed by atoms with Crippen LogP contribution in [0.2, 0.25) is 0 Å². The van der Waals surface area contributed by atoms with E-state index in [1.165, 1.54) is 0 Å². The van der Waals surface area contributed by atoms with Gasteiger partial charge in [-0.25, -0.2) is 0 Å². The maximum absolute atomic E-state index is 15.2. The van der Waals surface area contributed by atoms with Crippen LogP contribution in [0, 0.1) is 0 Å². The van der Waals surface area contributed by atoms with E-state index in [9.17, 15) is 0 Å². The molecule has 8 aromatic carbocycles. The molecule has 4 nitrogen and oxygen atoms in total. The molecular formula is C49H34O4Ti. The van der Waals surface area contributed by atoms with E-state index in [0.29, 0.717) is 31.7 Å². The first-order chi connectivity index (χ1) is 26.4. The van der Waals surface area contributed by atoms with Crippen LogP contribution >= 0.6 is 0 Å². The Kier molecular flexibility index (Phi) is 7.32. The topological polar surface area (TPSA) is 52.6 Å². The summed E-state index contributed by atoms with van der Waals surface area (Å²) < 4.78 is 15.9. The summed E-state index contributed by atoms with van der Waals surface area (Å²) in [4.78, 5) is 35.5. The van der Waals surface area contributed by atoms with Crippen LogP contribution < -0.4 is 7.74 Å². The van der Waals surface area contributed by atoms with Crippen molar-refractivity contribution in [3.8, 4) is 22.3 Å². The minimum atomic E-state index is -6.19. The van der Waals surface area contributed by atoms with Crippen LogP contribution in [0.1, 0.15) is 43.0 Å². The average Bonchev–Trinajstić information content (AvgIpc) is 3.79. The number of rotatable bonds is 6. The first-order valence-corrected chi connectivity index (χ1v) is 22.2.